The van der Waals surface area contributed by atoms with Crippen molar-refractivity contribution in [1.82, 2.24) is 16.0 Å². The number of carbonyl (C=O) groups is 1. The molecule has 0 fully saturated rings. The highest BCUT2D eigenvalue weighted by atomic mass is 127. The number of nitrogens with zero attached hydrogens (tertiary/aromatic N) is 1. The Balaban J connectivity index is 0.00000364. The van der Waals surface area contributed by atoms with Crippen LogP contribution in [0.4, 0.5) is 0 Å². The quantitative estimate of drug-likeness (QED) is 0.234. The van der Waals surface area contributed by atoms with Crippen LogP contribution in [0.3, 0.4) is 0 Å². The number of para-hydroxylation sites is 1. The highest BCUT2D eigenvalue weighted by molar-refractivity contribution is 14.0. The first kappa shape index (κ1) is 22.8. The Hall–Kier alpha value is -2.29. The van der Waals surface area contributed by atoms with Crippen molar-refractivity contribution >= 4 is 35.8 Å². The standard InChI is InChI=1S/C20H26N4O2.HI/c1-3-22-20(23-13-14-26-18-7-5-4-6-8-18)24-15-16-9-11-17(12-10-16)19(25)21-2;/h4-12H,3,13-15H2,1-2H3,(H,21,25)(H2,22,23,24);1H. The van der Waals surface area contributed by atoms with Crippen molar-refractivity contribution in [3.63, 3.8) is 0 Å². The van der Waals surface area contributed by atoms with Crippen molar-refractivity contribution in [2.75, 3.05) is 26.7 Å². The summed E-state index contributed by atoms with van der Waals surface area (Å²) in [6, 6.07) is 17.2. The largest absolute Gasteiger partial charge is 0.492 e. The van der Waals surface area contributed by atoms with E-state index in [2.05, 4.69) is 20.9 Å². The Morgan fingerprint density at radius 1 is 1.04 bits per heavy atom. The minimum atomic E-state index is -0.0894. The lowest BCUT2D eigenvalue weighted by molar-refractivity contribution is 0.0963. The molecule has 27 heavy (non-hydrogen) atoms. The van der Waals surface area contributed by atoms with Crippen LogP contribution in [0.1, 0.15) is 22.8 Å². The van der Waals surface area contributed by atoms with E-state index in [1.165, 1.54) is 0 Å². The second-order valence-corrected chi connectivity index (χ2v) is 5.56. The second-order valence-electron chi connectivity index (χ2n) is 5.56. The van der Waals surface area contributed by atoms with Crippen molar-refractivity contribution in [1.29, 1.82) is 0 Å². The van der Waals surface area contributed by atoms with Crippen molar-refractivity contribution in [2.24, 2.45) is 4.99 Å². The van der Waals surface area contributed by atoms with E-state index in [-0.39, 0.29) is 29.9 Å². The van der Waals surface area contributed by atoms with Crippen LogP contribution in [0.15, 0.2) is 59.6 Å². The molecule has 0 aliphatic heterocycles. The van der Waals surface area contributed by atoms with Gasteiger partial charge < -0.3 is 20.7 Å². The summed E-state index contributed by atoms with van der Waals surface area (Å²) >= 11 is 0. The van der Waals surface area contributed by atoms with Crippen molar-refractivity contribution < 1.29 is 9.53 Å². The van der Waals surface area contributed by atoms with E-state index in [4.69, 9.17) is 4.74 Å². The molecule has 2 aromatic carbocycles. The molecule has 0 radical (unpaired) electrons. The fraction of sp³-hybridized carbons (Fsp3) is 0.300. The van der Waals surface area contributed by atoms with Gasteiger partial charge in [-0.1, -0.05) is 30.3 Å². The molecule has 2 rings (SSSR count). The van der Waals surface area contributed by atoms with E-state index < -0.39 is 0 Å². The molecule has 146 valence electrons. The molecule has 6 nitrogen and oxygen atoms in total. The lowest BCUT2D eigenvalue weighted by Crippen LogP contribution is -2.39. The molecule has 0 aliphatic carbocycles. The average molecular weight is 482 g/mol. The zero-order valence-corrected chi connectivity index (χ0v) is 18.0. The first-order chi connectivity index (χ1) is 12.7. The van der Waals surface area contributed by atoms with Gasteiger partial charge in [-0.05, 0) is 36.8 Å². The summed E-state index contributed by atoms with van der Waals surface area (Å²) < 4.78 is 5.66. The first-order valence-electron chi connectivity index (χ1n) is 8.74. The van der Waals surface area contributed by atoms with Crippen molar-refractivity contribution in [2.45, 2.75) is 13.5 Å². The number of amides is 1. The minimum Gasteiger partial charge on any atom is -0.492 e. The highest BCUT2D eigenvalue weighted by Crippen LogP contribution is 2.07. The van der Waals surface area contributed by atoms with Crippen molar-refractivity contribution in [3.05, 3.63) is 65.7 Å². The van der Waals surface area contributed by atoms with Gasteiger partial charge in [0.2, 0.25) is 0 Å². The summed E-state index contributed by atoms with van der Waals surface area (Å²) in [6.07, 6.45) is 0. The Kier molecular flexibility index (Phi) is 10.9. The lowest BCUT2D eigenvalue weighted by atomic mass is 10.1. The van der Waals surface area contributed by atoms with Gasteiger partial charge in [-0.2, -0.15) is 0 Å². The summed E-state index contributed by atoms with van der Waals surface area (Å²) in [5.74, 6) is 1.50. The number of ether oxygens (including phenoxy) is 1. The maximum absolute atomic E-state index is 11.6. The monoisotopic (exact) mass is 482 g/mol. The molecule has 0 aromatic heterocycles. The molecular formula is C20H27IN4O2. The summed E-state index contributed by atoms with van der Waals surface area (Å²) in [6.45, 7) is 4.53. The molecule has 7 heteroatoms. The number of rotatable bonds is 8. The zero-order valence-electron chi connectivity index (χ0n) is 15.7. The van der Waals surface area contributed by atoms with Gasteiger partial charge in [0.1, 0.15) is 12.4 Å². The van der Waals surface area contributed by atoms with Gasteiger partial charge in [0.05, 0.1) is 13.1 Å². The van der Waals surface area contributed by atoms with Gasteiger partial charge in [0.25, 0.3) is 5.91 Å². The van der Waals surface area contributed by atoms with E-state index in [1.807, 2.05) is 49.4 Å². The van der Waals surface area contributed by atoms with Gasteiger partial charge in [-0.3, -0.25) is 4.79 Å². The van der Waals surface area contributed by atoms with Crippen LogP contribution in [0, 0.1) is 0 Å². The van der Waals surface area contributed by atoms with Gasteiger partial charge in [-0.25, -0.2) is 4.99 Å². The third kappa shape index (κ3) is 8.29. The maximum atomic E-state index is 11.6. The zero-order chi connectivity index (χ0) is 18.6. The molecule has 0 spiro atoms. The van der Waals surface area contributed by atoms with E-state index in [0.717, 1.165) is 23.8 Å². The van der Waals surface area contributed by atoms with E-state index in [1.54, 1.807) is 19.2 Å². The van der Waals surface area contributed by atoms with Crippen LogP contribution in [0.25, 0.3) is 0 Å². The normalized spacial score (nSPS) is 10.5. The molecule has 3 N–H and O–H groups in total. The van der Waals surface area contributed by atoms with Crippen molar-refractivity contribution in [3.8, 4) is 5.75 Å². The number of halogens is 1. The maximum Gasteiger partial charge on any atom is 0.251 e. The molecular weight excluding hydrogens is 455 g/mol. The molecule has 1 amide bonds. The third-order valence-corrected chi connectivity index (χ3v) is 3.61. The summed E-state index contributed by atoms with van der Waals surface area (Å²) in [7, 11) is 1.62. The average Bonchev–Trinajstić information content (AvgIpc) is 2.70. The summed E-state index contributed by atoms with van der Waals surface area (Å²) in [5.41, 5.74) is 1.68. The molecule has 0 atom stereocenters. The van der Waals surface area contributed by atoms with Crippen LogP contribution in [0.2, 0.25) is 0 Å². The lowest BCUT2D eigenvalue weighted by Gasteiger charge is -2.12. The van der Waals surface area contributed by atoms with Gasteiger partial charge in [0, 0.05) is 19.2 Å². The third-order valence-electron chi connectivity index (χ3n) is 3.61. The molecule has 2 aromatic rings. The Morgan fingerprint density at radius 2 is 1.74 bits per heavy atom. The number of carbonyl (C=O) groups excluding carboxylic acids is 1. The van der Waals surface area contributed by atoms with Crippen LogP contribution in [-0.4, -0.2) is 38.6 Å². The van der Waals surface area contributed by atoms with Crippen LogP contribution in [-0.2, 0) is 6.54 Å². The molecule has 0 aliphatic rings. The van der Waals surface area contributed by atoms with Crippen LogP contribution in [0.5, 0.6) is 5.75 Å². The number of hydrogen-bond donors (Lipinski definition) is 3. The Morgan fingerprint density at radius 3 is 2.37 bits per heavy atom. The van der Waals surface area contributed by atoms with Gasteiger partial charge in [-0.15, -0.1) is 24.0 Å². The molecule has 0 saturated heterocycles. The predicted octanol–water partition coefficient (Wildman–Crippen LogP) is 2.80. The number of guanidine groups is 1. The van der Waals surface area contributed by atoms with E-state index in [9.17, 15) is 4.79 Å². The predicted molar refractivity (Wildman–Crippen MR) is 120 cm³/mol. The van der Waals surface area contributed by atoms with E-state index >= 15 is 0 Å². The molecule has 0 unspecified atom stereocenters. The number of aliphatic imine (C=N–C) groups is 1. The van der Waals surface area contributed by atoms with Gasteiger partial charge in [0.15, 0.2) is 5.96 Å². The smallest absolute Gasteiger partial charge is 0.251 e. The van der Waals surface area contributed by atoms with Gasteiger partial charge >= 0.3 is 0 Å². The number of benzene rings is 2. The topological polar surface area (TPSA) is 74.8 Å². The molecule has 0 bridgehead atoms. The Labute approximate surface area is 177 Å². The van der Waals surface area contributed by atoms with Crippen LogP contribution >= 0.6 is 24.0 Å². The van der Waals surface area contributed by atoms with E-state index in [0.29, 0.717) is 25.3 Å². The SMILES string of the molecule is CCNC(=NCc1ccc(C(=O)NC)cc1)NCCOc1ccccc1.I. The minimum absolute atomic E-state index is 0. The Bertz CT molecular complexity index is 706. The molecule has 0 heterocycles. The molecule has 0 saturated carbocycles. The second kappa shape index (κ2) is 13.0. The summed E-state index contributed by atoms with van der Waals surface area (Å²) in [4.78, 5) is 16.1. The highest BCUT2D eigenvalue weighted by Gasteiger charge is 2.02. The van der Waals surface area contributed by atoms with Crippen LogP contribution < -0.4 is 20.7 Å². The fourth-order valence-corrected chi connectivity index (χ4v) is 2.27. The number of nitrogens with one attached hydrogen (secondary N) is 3. The first-order valence-corrected chi connectivity index (χ1v) is 8.74. The fourth-order valence-electron chi connectivity index (χ4n) is 2.27. The summed E-state index contributed by atoms with van der Waals surface area (Å²) in [5, 5.41) is 9.07. The number of hydrogen-bond acceptors (Lipinski definition) is 3.